The van der Waals surface area contributed by atoms with E-state index >= 15 is 0 Å². The zero-order valence-corrected chi connectivity index (χ0v) is 19.6. The Bertz CT molecular complexity index is 1780. The normalized spacial score (nSPS) is 11.6. The van der Waals surface area contributed by atoms with Crippen molar-refractivity contribution in [1.29, 1.82) is 0 Å². The maximum Gasteiger partial charge on any atom is 0.280 e. The van der Waals surface area contributed by atoms with Gasteiger partial charge in [-0.05, 0) is 31.2 Å². The first-order chi connectivity index (χ1) is 17.0. The maximum absolute atomic E-state index is 13.5. The van der Waals surface area contributed by atoms with Gasteiger partial charge in [0.1, 0.15) is 11.5 Å². The molecule has 6 rings (SSSR count). The van der Waals surface area contributed by atoms with Gasteiger partial charge in [0.25, 0.3) is 5.56 Å². The number of pyridine rings is 1. The van der Waals surface area contributed by atoms with Crippen LogP contribution in [-0.2, 0) is 20.1 Å². The minimum atomic E-state index is -0.199. The highest BCUT2D eigenvalue weighted by Gasteiger charge is 2.17. The van der Waals surface area contributed by atoms with E-state index in [4.69, 9.17) is 9.97 Å². The Hall–Kier alpha value is -4.60. The van der Waals surface area contributed by atoms with Crippen LogP contribution < -0.4 is 10.5 Å². The summed E-state index contributed by atoms with van der Waals surface area (Å²) in [6, 6.07) is 13.5. The number of aromatic nitrogens is 8. The first-order valence-corrected chi connectivity index (χ1v) is 11.3. The monoisotopic (exact) mass is 465 g/mol. The molecule has 0 saturated heterocycles. The molecule has 0 bridgehead atoms. The molecule has 0 saturated carbocycles. The molecule has 174 valence electrons. The molecule has 0 aliphatic rings. The third kappa shape index (κ3) is 3.59. The number of nitrogens with zero attached hydrogens (tertiary/aromatic N) is 9. The first kappa shape index (κ1) is 21.0. The highest BCUT2D eigenvalue weighted by Crippen LogP contribution is 2.25. The lowest BCUT2D eigenvalue weighted by atomic mass is 10.2. The molecule has 5 aromatic heterocycles. The molecule has 0 N–H and O–H groups in total. The number of hydrogen-bond donors (Lipinski definition) is 0. The van der Waals surface area contributed by atoms with Gasteiger partial charge < -0.3 is 4.90 Å². The summed E-state index contributed by atoms with van der Waals surface area (Å²) in [7, 11) is 3.90. The van der Waals surface area contributed by atoms with Gasteiger partial charge in [0, 0.05) is 50.0 Å². The van der Waals surface area contributed by atoms with Crippen molar-refractivity contribution >= 4 is 33.4 Å². The van der Waals surface area contributed by atoms with E-state index in [9.17, 15) is 4.79 Å². The molecule has 0 unspecified atom stereocenters. The topological polar surface area (TPSA) is 99.0 Å². The van der Waals surface area contributed by atoms with Gasteiger partial charge in [-0.25, -0.2) is 19.5 Å². The van der Waals surface area contributed by atoms with Crippen LogP contribution in [0.5, 0.6) is 0 Å². The molecular formula is C25H23N9O. The number of para-hydroxylation sites is 1. The summed E-state index contributed by atoms with van der Waals surface area (Å²) >= 11 is 0. The van der Waals surface area contributed by atoms with Crippen molar-refractivity contribution in [2.45, 2.75) is 20.0 Å². The van der Waals surface area contributed by atoms with Crippen LogP contribution in [0.1, 0.15) is 17.1 Å². The smallest absolute Gasteiger partial charge is 0.280 e. The summed E-state index contributed by atoms with van der Waals surface area (Å²) in [5.74, 6) is 1.33. The molecule has 6 aromatic rings. The minimum absolute atomic E-state index is 0.193. The van der Waals surface area contributed by atoms with E-state index in [0.717, 1.165) is 28.0 Å². The fourth-order valence-electron chi connectivity index (χ4n) is 4.48. The molecule has 1 aromatic carbocycles. The number of benzene rings is 1. The Morgan fingerprint density at radius 2 is 1.94 bits per heavy atom. The van der Waals surface area contributed by atoms with Crippen molar-refractivity contribution in [3.8, 4) is 0 Å². The van der Waals surface area contributed by atoms with Crippen molar-refractivity contribution in [3.63, 3.8) is 0 Å². The lowest BCUT2D eigenvalue weighted by Crippen LogP contribution is -2.26. The third-order valence-electron chi connectivity index (χ3n) is 6.02. The second-order valence-corrected chi connectivity index (χ2v) is 8.68. The molecule has 0 aliphatic heterocycles. The third-order valence-corrected chi connectivity index (χ3v) is 6.02. The van der Waals surface area contributed by atoms with Gasteiger partial charge in [-0.1, -0.05) is 12.1 Å². The Kier molecular flexibility index (Phi) is 4.80. The highest BCUT2D eigenvalue weighted by atomic mass is 16.1. The summed E-state index contributed by atoms with van der Waals surface area (Å²) in [4.78, 5) is 29.6. The predicted octanol–water partition coefficient (Wildman–Crippen LogP) is 2.71. The van der Waals surface area contributed by atoms with Crippen LogP contribution >= 0.6 is 0 Å². The second kappa shape index (κ2) is 8.01. The molecule has 10 nitrogen and oxygen atoms in total. The van der Waals surface area contributed by atoms with Gasteiger partial charge in [-0.2, -0.15) is 10.2 Å². The van der Waals surface area contributed by atoms with Gasteiger partial charge in [-0.3, -0.25) is 14.0 Å². The Labute approximate surface area is 200 Å². The average molecular weight is 466 g/mol. The fraction of sp³-hybridized carbons (Fsp3) is 0.200. The number of aryl methyl sites for hydroxylation is 2. The van der Waals surface area contributed by atoms with E-state index in [0.29, 0.717) is 29.0 Å². The lowest BCUT2D eigenvalue weighted by Gasteiger charge is -2.20. The van der Waals surface area contributed by atoms with Gasteiger partial charge in [0.2, 0.25) is 0 Å². The SMILES string of the molecule is Cc1cc2n(Cc3nc(N(C)Cc4cnn(C)c4)c4ccccc4n3)c(=O)c3ncccc3n2n1. The van der Waals surface area contributed by atoms with Gasteiger partial charge >= 0.3 is 0 Å². The summed E-state index contributed by atoms with van der Waals surface area (Å²) in [5, 5.41) is 9.80. The van der Waals surface area contributed by atoms with Crippen molar-refractivity contribution in [2.75, 3.05) is 11.9 Å². The summed E-state index contributed by atoms with van der Waals surface area (Å²) < 4.78 is 5.19. The zero-order chi connectivity index (χ0) is 24.1. The van der Waals surface area contributed by atoms with E-state index in [1.807, 2.05) is 69.8 Å². The number of hydrogen-bond acceptors (Lipinski definition) is 7. The first-order valence-electron chi connectivity index (χ1n) is 11.3. The van der Waals surface area contributed by atoms with Crippen LogP contribution in [0.25, 0.3) is 27.6 Å². The van der Waals surface area contributed by atoms with E-state index in [-0.39, 0.29) is 12.1 Å². The number of fused-ring (bicyclic) bond motifs is 4. The molecule has 0 amide bonds. The largest absolute Gasteiger partial charge is 0.355 e. The Morgan fingerprint density at radius 1 is 1.09 bits per heavy atom. The molecule has 0 aliphatic carbocycles. The number of rotatable bonds is 5. The molecule has 5 heterocycles. The fourth-order valence-corrected chi connectivity index (χ4v) is 4.48. The molecular weight excluding hydrogens is 442 g/mol. The summed E-state index contributed by atoms with van der Waals surface area (Å²) in [6.45, 7) is 2.74. The molecule has 0 radical (unpaired) electrons. The van der Waals surface area contributed by atoms with E-state index in [1.54, 1.807) is 26.0 Å². The van der Waals surface area contributed by atoms with Crippen molar-refractivity contribution in [1.82, 2.24) is 38.9 Å². The van der Waals surface area contributed by atoms with E-state index in [2.05, 4.69) is 20.1 Å². The summed E-state index contributed by atoms with van der Waals surface area (Å²) in [5.41, 5.74) is 4.22. The van der Waals surface area contributed by atoms with Crippen LogP contribution in [0.2, 0.25) is 0 Å². The van der Waals surface area contributed by atoms with Crippen LogP contribution in [0.4, 0.5) is 5.82 Å². The zero-order valence-electron chi connectivity index (χ0n) is 19.6. The van der Waals surface area contributed by atoms with E-state index < -0.39 is 0 Å². The molecule has 35 heavy (non-hydrogen) atoms. The van der Waals surface area contributed by atoms with Gasteiger partial charge in [-0.15, -0.1) is 0 Å². The molecule has 0 spiro atoms. The van der Waals surface area contributed by atoms with Crippen molar-refractivity contribution in [2.24, 2.45) is 7.05 Å². The van der Waals surface area contributed by atoms with Crippen molar-refractivity contribution < 1.29 is 0 Å². The van der Waals surface area contributed by atoms with Crippen LogP contribution in [0.15, 0.2) is 65.8 Å². The van der Waals surface area contributed by atoms with Gasteiger partial charge in [0.05, 0.1) is 29.5 Å². The predicted molar refractivity (Wildman–Crippen MR) is 133 cm³/mol. The second-order valence-electron chi connectivity index (χ2n) is 8.68. The van der Waals surface area contributed by atoms with Gasteiger partial charge in [0.15, 0.2) is 11.3 Å². The van der Waals surface area contributed by atoms with Crippen LogP contribution in [0, 0.1) is 6.92 Å². The van der Waals surface area contributed by atoms with E-state index in [1.165, 1.54) is 0 Å². The highest BCUT2D eigenvalue weighted by molar-refractivity contribution is 5.89. The summed E-state index contributed by atoms with van der Waals surface area (Å²) in [6.07, 6.45) is 5.45. The average Bonchev–Trinajstić information content (AvgIpc) is 3.46. The lowest BCUT2D eigenvalue weighted by molar-refractivity contribution is 0.722. The van der Waals surface area contributed by atoms with Crippen molar-refractivity contribution in [3.05, 3.63) is 88.5 Å². The molecule has 10 heteroatoms. The number of anilines is 1. The molecule has 0 atom stereocenters. The standard InChI is InChI=1S/C25H23N9O/c1-16-11-22-33(25(35)23-20(34(22)30-16)9-6-10-26-23)15-21-28-19-8-5-4-7-18(19)24(29-21)31(2)13-17-12-27-32(3)14-17/h4-12,14H,13,15H2,1-3H3. The van der Waals surface area contributed by atoms with Crippen LogP contribution in [0.3, 0.4) is 0 Å². The Morgan fingerprint density at radius 3 is 2.77 bits per heavy atom. The quantitative estimate of drug-likeness (QED) is 0.386. The van der Waals surface area contributed by atoms with Crippen LogP contribution in [-0.4, -0.2) is 46.0 Å². The Balaban J connectivity index is 1.50. The maximum atomic E-state index is 13.5. The molecule has 0 fully saturated rings. The minimum Gasteiger partial charge on any atom is -0.355 e.